The molecular formula is C25H25N3O4S. The highest BCUT2D eigenvalue weighted by Crippen LogP contribution is 2.30. The predicted octanol–water partition coefficient (Wildman–Crippen LogP) is 4.91. The molecule has 0 unspecified atom stereocenters. The minimum Gasteiger partial charge on any atom is -0.493 e. The van der Waals surface area contributed by atoms with E-state index in [1.165, 1.54) is 0 Å². The van der Waals surface area contributed by atoms with E-state index in [0.29, 0.717) is 36.0 Å². The van der Waals surface area contributed by atoms with Crippen molar-refractivity contribution in [1.82, 2.24) is 9.38 Å². The number of pyridine rings is 1. The number of carbonyl (C=O) groups excluding carboxylic acids is 1. The van der Waals surface area contributed by atoms with Crippen LogP contribution < -0.4 is 14.8 Å². The zero-order valence-electron chi connectivity index (χ0n) is 18.5. The van der Waals surface area contributed by atoms with Crippen molar-refractivity contribution in [3.63, 3.8) is 0 Å². The highest BCUT2D eigenvalue weighted by molar-refractivity contribution is 7.98. The maximum absolute atomic E-state index is 12.7. The summed E-state index contributed by atoms with van der Waals surface area (Å²) in [6, 6.07) is 18.8. The molecule has 33 heavy (non-hydrogen) atoms. The largest absolute Gasteiger partial charge is 0.493 e. The number of imidazole rings is 1. The number of rotatable bonds is 10. The molecular weight excluding hydrogens is 438 g/mol. The molecule has 8 heteroatoms. The molecule has 2 aromatic carbocycles. The number of anilines is 1. The van der Waals surface area contributed by atoms with Crippen molar-refractivity contribution >= 4 is 29.0 Å². The first-order valence-electron chi connectivity index (χ1n) is 10.4. The average molecular weight is 464 g/mol. The summed E-state index contributed by atoms with van der Waals surface area (Å²) in [5.41, 5.74) is 3.14. The maximum Gasteiger partial charge on any atom is 0.255 e. The summed E-state index contributed by atoms with van der Waals surface area (Å²) in [7, 11) is 3.19. The molecule has 0 radical (unpaired) electrons. The van der Waals surface area contributed by atoms with E-state index in [2.05, 4.69) is 10.3 Å². The Hall–Kier alpha value is -3.49. The number of carbonyl (C=O) groups is 1. The SMILES string of the molecule is COCCOc1cc(NC(=O)c2ccc(SCc3cn4ccccc4n3)cc2)ccc1OC. The Labute approximate surface area is 196 Å². The third-order valence-electron chi connectivity index (χ3n) is 4.88. The van der Waals surface area contributed by atoms with E-state index < -0.39 is 0 Å². The van der Waals surface area contributed by atoms with Gasteiger partial charge in [-0.05, 0) is 48.5 Å². The van der Waals surface area contributed by atoms with E-state index in [4.69, 9.17) is 14.2 Å². The highest BCUT2D eigenvalue weighted by atomic mass is 32.2. The molecule has 2 aromatic heterocycles. The Morgan fingerprint density at radius 3 is 2.64 bits per heavy atom. The number of fused-ring (bicyclic) bond motifs is 1. The van der Waals surface area contributed by atoms with Gasteiger partial charge in [0.1, 0.15) is 12.3 Å². The standard InChI is InChI=1S/C25H25N3O4S/c1-30-13-14-32-23-15-19(8-11-22(23)31-2)27-25(29)18-6-9-21(10-7-18)33-17-20-16-28-12-4-3-5-24(28)26-20/h3-12,15-16H,13-14,17H2,1-2H3,(H,27,29). The average Bonchev–Trinajstić information content (AvgIpc) is 3.26. The molecule has 170 valence electrons. The minimum atomic E-state index is -0.195. The Bertz CT molecular complexity index is 1190. The second-order valence-corrected chi connectivity index (χ2v) is 8.22. The molecule has 1 amide bonds. The fraction of sp³-hybridized carbons (Fsp3) is 0.200. The van der Waals surface area contributed by atoms with Crippen LogP contribution in [0.15, 0.2) is 78.0 Å². The molecule has 0 bridgehead atoms. The van der Waals surface area contributed by atoms with Gasteiger partial charge in [-0.3, -0.25) is 4.79 Å². The number of thioether (sulfide) groups is 1. The number of benzene rings is 2. The van der Waals surface area contributed by atoms with Crippen molar-refractivity contribution in [2.75, 3.05) is 32.8 Å². The van der Waals surface area contributed by atoms with Gasteiger partial charge in [0.05, 0.1) is 19.4 Å². The number of amides is 1. The van der Waals surface area contributed by atoms with Crippen LogP contribution in [0.5, 0.6) is 11.5 Å². The molecule has 0 aliphatic carbocycles. The van der Waals surface area contributed by atoms with Gasteiger partial charge in [0.25, 0.3) is 5.91 Å². The number of methoxy groups -OCH3 is 2. The molecule has 2 heterocycles. The fourth-order valence-corrected chi connectivity index (χ4v) is 4.00. The topological polar surface area (TPSA) is 74.1 Å². The lowest BCUT2D eigenvalue weighted by Gasteiger charge is -2.13. The lowest BCUT2D eigenvalue weighted by atomic mass is 10.2. The molecule has 0 saturated carbocycles. The van der Waals surface area contributed by atoms with Crippen LogP contribution in [0.1, 0.15) is 16.1 Å². The second-order valence-electron chi connectivity index (χ2n) is 7.17. The first-order valence-corrected chi connectivity index (χ1v) is 11.4. The number of hydrogen-bond donors (Lipinski definition) is 1. The molecule has 0 saturated heterocycles. The van der Waals surface area contributed by atoms with Gasteiger partial charge in [0, 0.05) is 47.5 Å². The zero-order valence-corrected chi connectivity index (χ0v) is 19.3. The van der Waals surface area contributed by atoms with E-state index in [9.17, 15) is 4.79 Å². The number of aromatic nitrogens is 2. The van der Waals surface area contributed by atoms with Gasteiger partial charge in [-0.25, -0.2) is 4.98 Å². The summed E-state index contributed by atoms with van der Waals surface area (Å²) in [5.74, 6) is 1.70. The fourth-order valence-electron chi connectivity index (χ4n) is 3.22. The zero-order chi connectivity index (χ0) is 23.0. The highest BCUT2D eigenvalue weighted by Gasteiger charge is 2.11. The molecule has 1 N–H and O–H groups in total. The molecule has 7 nitrogen and oxygen atoms in total. The lowest BCUT2D eigenvalue weighted by Crippen LogP contribution is -2.12. The summed E-state index contributed by atoms with van der Waals surface area (Å²) in [5, 5.41) is 2.91. The van der Waals surface area contributed by atoms with Crippen molar-refractivity contribution in [3.8, 4) is 11.5 Å². The first-order chi connectivity index (χ1) is 16.2. The summed E-state index contributed by atoms with van der Waals surface area (Å²) < 4.78 is 18.0. The normalized spacial score (nSPS) is 10.8. The van der Waals surface area contributed by atoms with Crippen molar-refractivity contribution in [3.05, 3.63) is 84.3 Å². The summed E-state index contributed by atoms with van der Waals surface area (Å²) in [6.45, 7) is 0.847. The van der Waals surface area contributed by atoms with Crippen LogP contribution in [-0.4, -0.2) is 42.7 Å². The number of nitrogens with zero attached hydrogens (tertiary/aromatic N) is 2. The molecule has 0 atom stereocenters. The molecule has 0 spiro atoms. The van der Waals surface area contributed by atoms with Crippen LogP contribution in [0, 0.1) is 0 Å². The quantitative estimate of drug-likeness (QED) is 0.266. The Morgan fingerprint density at radius 1 is 1.03 bits per heavy atom. The van der Waals surface area contributed by atoms with Gasteiger partial charge < -0.3 is 23.9 Å². The van der Waals surface area contributed by atoms with E-state index in [0.717, 1.165) is 22.0 Å². The molecule has 4 rings (SSSR count). The number of nitrogens with one attached hydrogen (secondary N) is 1. The lowest BCUT2D eigenvalue weighted by molar-refractivity contribution is 0.102. The minimum absolute atomic E-state index is 0.195. The van der Waals surface area contributed by atoms with Crippen LogP contribution in [-0.2, 0) is 10.5 Å². The van der Waals surface area contributed by atoms with E-state index in [-0.39, 0.29) is 5.91 Å². The molecule has 0 fully saturated rings. The van der Waals surface area contributed by atoms with E-state index in [1.54, 1.807) is 44.2 Å². The van der Waals surface area contributed by atoms with Crippen molar-refractivity contribution in [2.45, 2.75) is 10.6 Å². The van der Waals surface area contributed by atoms with Crippen LogP contribution in [0.25, 0.3) is 5.65 Å². The smallest absolute Gasteiger partial charge is 0.255 e. The Balaban J connectivity index is 1.36. The molecule has 4 aromatic rings. The monoisotopic (exact) mass is 463 g/mol. The van der Waals surface area contributed by atoms with Crippen LogP contribution in [0.3, 0.4) is 0 Å². The number of hydrogen-bond acceptors (Lipinski definition) is 6. The Kier molecular flexibility index (Phi) is 7.49. The second kappa shape index (κ2) is 10.9. The van der Waals surface area contributed by atoms with Crippen LogP contribution in [0.2, 0.25) is 0 Å². The summed E-state index contributed by atoms with van der Waals surface area (Å²) >= 11 is 1.68. The molecule has 0 aliphatic heterocycles. The van der Waals surface area contributed by atoms with Crippen LogP contribution in [0.4, 0.5) is 5.69 Å². The Morgan fingerprint density at radius 2 is 1.88 bits per heavy atom. The third-order valence-corrected chi connectivity index (χ3v) is 5.93. The van der Waals surface area contributed by atoms with Gasteiger partial charge in [-0.15, -0.1) is 11.8 Å². The summed E-state index contributed by atoms with van der Waals surface area (Å²) in [6.07, 6.45) is 4.02. The van der Waals surface area contributed by atoms with E-state index >= 15 is 0 Å². The van der Waals surface area contributed by atoms with E-state index in [1.807, 2.05) is 59.3 Å². The number of ether oxygens (including phenoxy) is 3. The third kappa shape index (κ3) is 5.85. The van der Waals surface area contributed by atoms with Gasteiger partial charge >= 0.3 is 0 Å². The van der Waals surface area contributed by atoms with Crippen molar-refractivity contribution in [1.29, 1.82) is 0 Å². The van der Waals surface area contributed by atoms with Gasteiger partial charge in [0.2, 0.25) is 0 Å². The van der Waals surface area contributed by atoms with Gasteiger partial charge in [-0.2, -0.15) is 0 Å². The predicted molar refractivity (Wildman–Crippen MR) is 130 cm³/mol. The summed E-state index contributed by atoms with van der Waals surface area (Å²) in [4.78, 5) is 18.4. The van der Waals surface area contributed by atoms with Crippen LogP contribution >= 0.6 is 11.8 Å². The van der Waals surface area contributed by atoms with Gasteiger partial charge in [-0.1, -0.05) is 6.07 Å². The van der Waals surface area contributed by atoms with Gasteiger partial charge in [0.15, 0.2) is 11.5 Å². The maximum atomic E-state index is 12.7. The van der Waals surface area contributed by atoms with Crippen molar-refractivity contribution < 1.29 is 19.0 Å². The van der Waals surface area contributed by atoms with Crippen molar-refractivity contribution in [2.24, 2.45) is 0 Å². The first kappa shape index (κ1) is 22.7. The molecule has 0 aliphatic rings.